The summed E-state index contributed by atoms with van der Waals surface area (Å²) in [7, 11) is 4.06. The van der Waals surface area contributed by atoms with E-state index in [-0.39, 0.29) is 17.0 Å². The summed E-state index contributed by atoms with van der Waals surface area (Å²) in [6, 6.07) is 1.40. The Bertz CT molecular complexity index is 456. The molecule has 4 nitrogen and oxygen atoms in total. The zero-order valence-corrected chi connectivity index (χ0v) is 11.4. The Kier molecular flexibility index (Phi) is 4.14. The molecule has 0 unspecified atom stereocenters. The number of nitrogens with one attached hydrogen (secondary N) is 1. The van der Waals surface area contributed by atoms with Crippen LogP contribution in [-0.2, 0) is 0 Å². The summed E-state index contributed by atoms with van der Waals surface area (Å²) in [6.45, 7) is 0.556. The van der Waals surface area contributed by atoms with Crippen molar-refractivity contribution in [3.63, 3.8) is 0 Å². The minimum atomic E-state index is -0.578. The molecule has 0 radical (unpaired) electrons. The monoisotopic (exact) mass is 265 g/mol. The average Bonchev–Trinajstić information content (AvgIpc) is 2.86. The predicted molar refractivity (Wildman–Crippen MR) is 71.4 cm³/mol. The van der Waals surface area contributed by atoms with E-state index < -0.39 is 5.82 Å². The van der Waals surface area contributed by atoms with Gasteiger partial charge in [0, 0.05) is 18.3 Å². The first-order chi connectivity index (χ1) is 9.05. The lowest BCUT2D eigenvalue weighted by Crippen LogP contribution is -2.50. The number of pyridine rings is 1. The largest absolute Gasteiger partial charge is 0.350 e. The molecule has 1 heterocycles. The zero-order valence-electron chi connectivity index (χ0n) is 11.4. The Labute approximate surface area is 113 Å². The summed E-state index contributed by atoms with van der Waals surface area (Å²) >= 11 is 0. The molecule has 1 saturated carbocycles. The van der Waals surface area contributed by atoms with E-state index in [2.05, 4.69) is 15.2 Å². The second-order valence-electron chi connectivity index (χ2n) is 5.36. The Hall–Kier alpha value is -1.49. The fourth-order valence-electron chi connectivity index (χ4n) is 2.71. The van der Waals surface area contributed by atoms with Gasteiger partial charge < -0.3 is 10.2 Å². The number of carbonyl (C=O) groups excluding carboxylic acids is 1. The van der Waals surface area contributed by atoms with Crippen LogP contribution in [0.5, 0.6) is 0 Å². The Balaban J connectivity index is 2.02. The van der Waals surface area contributed by atoms with Crippen LogP contribution in [0.15, 0.2) is 18.5 Å². The number of likely N-dealkylation sites (N-methyl/N-ethyl adjacent to an activating group) is 1. The van der Waals surface area contributed by atoms with Gasteiger partial charge in [-0.3, -0.25) is 9.78 Å². The molecule has 1 fully saturated rings. The lowest BCUT2D eigenvalue weighted by atomic mass is 9.96. The molecule has 1 N–H and O–H groups in total. The van der Waals surface area contributed by atoms with E-state index in [1.54, 1.807) is 0 Å². The van der Waals surface area contributed by atoms with Gasteiger partial charge in [-0.15, -0.1) is 0 Å². The highest BCUT2D eigenvalue weighted by molar-refractivity contribution is 5.94. The van der Waals surface area contributed by atoms with Crippen molar-refractivity contribution in [2.75, 3.05) is 20.6 Å². The van der Waals surface area contributed by atoms with Crippen molar-refractivity contribution in [3.8, 4) is 0 Å². The fraction of sp³-hybridized carbons (Fsp3) is 0.571. The maximum Gasteiger partial charge on any atom is 0.254 e. The molecule has 0 saturated heterocycles. The predicted octanol–water partition coefficient (Wildman–Crippen LogP) is 1.82. The van der Waals surface area contributed by atoms with Gasteiger partial charge in [0.05, 0.1) is 11.8 Å². The number of halogens is 1. The number of hydrogen-bond acceptors (Lipinski definition) is 3. The number of rotatable bonds is 4. The molecule has 1 aliphatic carbocycles. The Morgan fingerprint density at radius 2 is 2.16 bits per heavy atom. The van der Waals surface area contributed by atoms with E-state index in [0.29, 0.717) is 6.54 Å². The quantitative estimate of drug-likeness (QED) is 0.903. The second kappa shape index (κ2) is 5.65. The zero-order chi connectivity index (χ0) is 13.9. The van der Waals surface area contributed by atoms with Crippen molar-refractivity contribution < 1.29 is 9.18 Å². The molecule has 1 amide bonds. The van der Waals surface area contributed by atoms with E-state index in [1.807, 2.05) is 14.1 Å². The molecule has 1 aromatic heterocycles. The van der Waals surface area contributed by atoms with Gasteiger partial charge in [-0.25, -0.2) is 4.39 Å². The number of hydrogen-bond donors (Lipinski definition) is 1. The maximum atomic E-state index is 13.5. The van der Waals surface area contributed by atoms with Crippen molar-refractivity contribution in [2.24, 2.45) is 0 Å². The van der Waals surface area contributed by atoms with Crippen LogP contribution in [-0.4, -0.2) is 42.0 Å². The van der Waals surface area contributed by atoms with Gasteiger partial charge in [0.1, 0.15) is 0 Å². The molecule has 1 aliphatic rings. The number of amides is 1. The van der Waals surface area contributed by atoms with Crippen LogP contribution >= 0.6 is 0 Å². The Morgan fingerprint density at radius 3 is 2.74 bits per heavy atom. The molecule has 2 rings (SSSR count). The minimum absolute atomic E-state index is 0.0131. The Morgan fingerprint density at radius 1 is 1.47 bits per heavy atom. The molecule has 19 heavy (non-hydrogen) atoms. The SMILES string of the molecule is CN(C)C1(CNC(=O)c2ccncc2F)CCCC1. The summed E-state index contributed by atoms with van der Waals surface area (Å²) in [5.41, 5.74) is 0.0704. The molecule has 0 spiro atoms. The van der Waals surface area contributed by atoms with Gasteiger partial charge in [0.2, 0.25) is 0 Å². The third-order valence-electron chi connectivity index (χ3n) is 4.08. The average molecular weight is 265 g/mol. The van der Waals surface area contributed by atoms with E-state index in [0.717, 1.165) is 19.0 Å². The number of nitrogens with zero attached hydrogens (tertiary/aromatic N) is 2. The van der Waals surface area contributed by atoms with Crippen LogP contribution in [0, 0.1) is 5.82 Å². The molecule has 104 valence electrons. The maximum absolute atomic E-state index is 13.5. The topological polar surface area (TPSA) is 45.2 Å². The molecule has 1 aromatic rings. The normalized spacial score (nSPS) is 17.7. The van der Waals surface area contributed by atoms with Crippen LogP contribution in [0.3, 0.4) is 0 Å². The first-order valence-corrected chi connectivity index (χ1v) is 6.60. The molecule has 0 aromatic carbocycles. The standard InChI is InChI=1S/C14H20FN3O/c1-18(2)14(6-3-4-7-14)10-17-13(19)11-5-8-16-9-12(11)15/h5,8-9H,3-4,6-7,10H2,1-2H3,(H,17,19). The van der Waals surface area contributed by atoms with Crippen LogP contribution in [0.2, 0.25) is 0 Å². The third kappa shape index (κ3) is 2.92. The summed E-state index contributed by atoms with van der Waals surface area (Å²) in [6.07, 6.45) is 6.98. The molecule has 0 atom stereocenters. The molecule has 5 heteroatoms. The van der Waals surface area contributed by atoms with Crippen LogP contribution in [0.4, 0.5) is 4.39 Å². The highest BCUT2D eigenvalue weighted by Gasteiger charge is 2.36. The van der Waals surface area contributed by atoms with Gasteiger partial charge in [-0.05, 0) is 33.0 Å². The van der Waals surface area contributed by atoms with Crippen LogP contribution in [0.25, 0.3) is 0 Å². The lowest BCUT2D eigenvalue weighted by Gasteiger charge is -2.36. The van der Waals surface area contributed by atoms with E-state index in [1.165, 1.54) is 25.1 Å². The highest BCUT2D eigenvalue weighted by atomic mass is 19.1. The van der Waals surface area contributed by atoms with Crippen molar-refractivity contribution in [1.82, 2.24) is 15.2 Å². The first-order valence-electron chi connectivity index (χ1n) is 6.60. The lowest BCUT2D eigenvalue weighted by molar-refractivity contribution is 0.0896. The summed E-state index contributed by atoms with van der Waals surface area (Å²) in [4.78, 5) is 17.8. The molecule has 0 bridgehead atoms. The van der Waals surface area contributed by atoms with Crippen molar-refractivity contribution in [2.45, 2.75) is 31.2 Å². The summed E-state index contributed by atoms with van der Waals surface area (Å²) in [5.74, 6) is -0.946. The molecular formula is C14H20FN3O. The van der Waals surface area contributed by atoms with Crippen molar-refractivity contribution in [3.05, 3.63) is 29.8 Å². The third-order valence-corrected chi connectivity index (χ3v) is 4.08. The highest BCUT2D eigenvalue weighted by Crippen LogP contribution is 2.33. The van der Waals surface area contributed by atoms with Crippen molar-refractivity contribution >= 4 is 5.91 Å². The van der Waals surface area contributed by atoms with Gasteiger partial charge >= 0.3 is 0 Å². The molecular weight excluding hydrogens is 245 g/mol. The van der Waals surface area contributed by atoms with E-state index >= 15 is 0 Å². The smallest absolute Gasteiger partial charge is 0.254 e. The van der Waals surface area contributed by atoms with E-state index in [4.69, 9.17) is 0 Å². The van der Waals surface area contributed by atoms with Gasteiger partial charge in [-0.2, -0.15) is 0 Å². The second-order valence-corrected chi connectivity index (χ2v) is 5.36. The summed E-state index contributed by atoms with van der Waals surface area (Å²) in [5, 5.41) is 2.86. The van der Waals surface area contributed by atoms with Crippen LogP contribution < -0.4 is 5.32 Å². The van der Waals surface area contributed by atoms with Gasteiger partial charge in [0.15, 0.2) is 5.82 Å². The molecule has 0 aliphatic heterocycles. The van der Waals surface area contributed by atoms with E-state index in [9.17, 15) is 9.18 Å². The van der Waals surface area contributed by atoms with Crippen molar-refractivity contribution in [1.29, 1.82) is 0 Å². The van der Waals surface area contributed by atoms with Gasteiger partial charge in [0.25, 0.3) is 5.91 Å². The minimum Gasteiger partial charge on any atom is -0.350 e. The number of aromatic nitrogens is 1. The summed E-state index contributed by atoms with van der Waals surface area (Å²) < 4.78 is 13.5. The van der Waals surface area contributed by atoms with Gasteiger partial charge in [-0.1, -0.05) is 12.8 Å². The van der Waals surface area contributed by atoms with Crippen LogP contribution in [0.1, 0.15) is 36.0 Å². The fourth-order valence-corrected chi connectivity index (χ4v) is 2.71. The number of carbonyl (C=O) groups is 1. The first kappa shape index (κ1) is 13.9.